The number of phenolic OH excluding ortho intramolecular Hbond substituents is 1. The largest absolute Gasteiger partial charge is 0.508 e. The number of nitrogens with zero attached hydrogens (tertiary/aromatic N) is 1. The normalized spacial score (nSPS) is 15.5. The molecular weight excluding hydrogens is 438 g/mol. The summed E-state index contributed by atoms with van der Waals surface area (Å²) in [5.74, 6) is 1.91. The Bertz CT molecular complexity index is 1200. The zero-order chi connectivity index (χ0) is 25.5. The fraction of sp³-hybridized carbons (Fsp3) is 0.333. The van der Waals surface area contributed by atoms with Crippen LogP contribution in [0, 0.1) is 25.2 Å². The molecule has 2 aliphatic carbocycles. The fourth-order valence-electron chi connectivity index (χ4n) is 4.90. The first kappa shape index (κ1) is 25.8. The number of benzene rings is 3. The van der Waals surface area contributed by atoms with Crippen LogP contribution in [0.15, 0.2) is 48.5 Å². The van der Waals surface area contributed by atoms with Gasteiger partial charge in [-0.3, -0.25) is 4.79 Å². The maximum Gasteiger partial charge on any atom is 0.290 e. The molecule has 0 heterocycles. The van der Waals surface area contributed by atoms with E-state index in [1.165, 1.54) is 29.5 Å². The summed E-state index contributed by atoms with van der Waals surface area (Å²) in [5.41, 5.74) is 8.48. The second-order valence-electron chi connectivity index (χ2n) is 8.72. The first-order chi connectivity index (χ1) is 17.0. The highest BCUT2D eigenvalue weighted by Crippen LogP contribution is 2.44. The molecule has 5 rings (SSSR count). The van der Waals surface area contributed by atoms with Crippen molar-refractivity contribution >= 4 is 6.47 Å². The zero-order valence-corrected chi connectivity index (χ0v) is 20.8. The minimum atomic E-state index is -0.250. The highest BCUT2D eigenvalue weighted by molar-refractivity contribution is 5.81. The van der Waals surface area contributed by atoms with Gasteiger partial charge in [0.1, 0.15) is 17.6 Å². The highest BCUT2D eigenvalue weighted by Gasteiger charge is 2.30. The Balaban J connectivity index is 0.000000638. The standard InChI is InChI=1S/C27H25NO2.C2H6.CH2O2/c1-16-13-21(29)14-17(2)26(16)27-20(15-28)7-10-23-24(27)11-12-25(23)30-22-8-5-19(6-9-22)18-3-4-18;1-2;2-1-3/h5-10,13-14,18,25,29H,3-4,11-12H2,1-2H3;1-2H3;1H,(H,2,3). The van der Waals surface area contributed by atoms with E-state index in [4.69, 9.17) is 14.6 Å². The fourth-order valence-corrected chi connectivity index (χ4v) is 4.90. The van der Waals surface area contributed by atoms with Gasteiger partial charge in [0.2, 0.25) is 0 Å². The molecule has 0 aromatic heterocycles. The third kappa shape index (κ3) is 5.66. The van der Waals surface area contributed by atoms with Crippen LogP contribution in [0.1, 0.15) is 78.5 Å². The van der Waals surface area contributed by atoms with Gasteiger partial charge in [-0.1, -0.05) is 32.0 Å². The maximum absolute atomic E-state index is 9.96. The molecule has 3 aromatic carbocycles. The van der Waals surface area contributed by atoms with E-state index in [1.54, 1.807) is 12.1 Å². The van der Waals surface area contributed by atoms with E-state index >= 15 is 0 Å². The van der Waals surface area contributed by atoms with Gasteiger partial charge in [0.05, 0.1) is 11.6 Å². The Hall–Kier alpha value is -3.78. The van der Waals surface area contributed by atoms with Crippen LogP contribution in [-0.4, -0.2) is 16.7 Å². The molecule has 0 saturated heterocycles. The second-order valence-corrected chi connectivity index (χ2v) is 8.72. The van der Waals surface area contributed by atoms with E-state index in [0.717, 1.165) is 46.8 Å². The summed E-state index contributed by atoms with van der Waals surface area (Å²) >= 11 is 0. The molecule has 0 aliphatic heterocycles. The number of aryl methyl sites for hydroxylation is 2. The molecule has 1 atom stereocenters. The molecule has 1 fully saturated rings. The lowest BCUT2D eigenvalue weighted by molar-refractivity contribution is -0.122. The van der Waals surface area contributed by atoms with Crippen molar-refractivity contribution in [2.24, 2.45) is 0 Å². The molecular formula is C30H33NO4. The molecule has 5 nitrogen and oxygen atoms in total. The molecule has 1 saturated carbocycles. The van der Waals surface area contributed by atoms with Gasteiger partial charge in [-0.15, -0.1) is 0 Å². The van der Waals surface area contributed by atoms with Gasteiger partial charge >= 0.3 is 0 Å². The average molecular weight is 472 g/mol. The summed E-state index contributed by atoms with van der Waals surface area (Å²) in [6.45, 7) is 7.74. The molecule has 35 heavy (non-hydrogen) atoms. The van der Waals surface area contributed by atoms with E-state index in [0.29, 0.717) is 5.56 Å². The number of hydrogen-bond acceptors (Lipinski definition) is 4. The third-order valence-electron chi connectivity index (χ3n) is 6.45. The van der Waals surface area contributed by atoms with Crippen molar-refractivity contribution in [2.75, 3.05) is 0 Å². The van der Waals surface area contributed by atoms with E-state index < -0.39 is 0 Å². The Morgan fingerprint density at radius 1 is 0.971 bits per heavy atom. The summed E-state index contributed by atoms with van der Waals surface area (Å²) in [7, 11) is 0. The van der Waals surface area contributed by atoms with Crippen LogP contribution in [0.3, 0.4) is 0 Å². The lowest BCUT2D eigenvalue weighted by Gasteiger charge is -2.19. The van der Waals surface area contributed by atoms with Crippen molar-refractivity contribution < 1.29 is 19.7 Å². The molecule has 182 valence electrons. The maximum atomic E-state index is 9.96. The van der Waals surface area contributed by atoms with E-state index in [-0.39, 0.29) is 18.3 Å². The van der Waals surface area contributed by atoms with Gasteiger partial charge in [0.25, 0.3) is 6.47 Å². The lowest BCUT2D eigenvalue weighted by Crippen LogP contribution is -2.04. The van der Waals surface area contributed by atoms with Crippen LogP contribution in [0.2, 0.25) is 0 Å². The van der Waals surface area contributed by atoms with Crippen molar-refractivity contribution in [1.82, 2.24) is 0 Å². The number of ether oxygens (including phenoxy) is 1. The number of fused-ring (bicyclic) bond motifs is 1. The Kier molecular flexibility index (Phi) is 8.54. The van der Waals surface area contributed by atoms with Crippen LogP contribution >= 0.6 is 0 Å². The van der Waals surface area contributed by atoms with Gasteiger partial charge in [-0.2, -0.15) is 5.26 Å². The van der Waals surface area contributed by atoms with Gasteiger partial charge in [0.15, 0.2) is 0 Å². The Morgan fingerprint density at radius 3 is 2.11 bits per heavy atom. The first-order valence-corrected chi connectivity index (χ1v) is 12.2. The predicted octanol–water partition coefficient (Wildman–Crippen LogP) is 7.22. The molecule has 2 N–H and O–H groups in total. The number of rotatable bonds is 4. The zero-order valence-electron chi connectivity index (χ0n) is 20.8. The Morgan fingerprint density at radius 2 is 1.57 bits per heavy atom. The molecule has 2 aliphatic rings. The van der Waals surface area contributed by atoms with Crippen LogP contribution < -0.4 is 4.74 Å². The number of nitriles is 1. The van der Waals surface area contributed by atoms with E-state index in [2.05, 4.69) is 36.4 Å². The van der Waals surface area contributed by atoms with Crippen molar-refractivity contribution in [1.29, 1.82) is 5.26 Å². The Labute approximate surface area is 207 Å². The molecule has 0 amide bonds. The van der Waals surface area contributed by atoms with Gasteiger partial charge in [-0.05, 0) is 109 Å². The third-order valence-corrected chi connectivity index (χ3v) is 6.45. The summed E-state index contributed by atoms with van der Waals surface area (Å²) in [4.78, 5) is 8.36. The number of carboxylic acid groups (broad SMARTS) is 1. The average Bonchev–Trinajstić information content (AvgIpc) is 3.62. The number of phenols is 1. The first-order valence-electron chi connectivity index (χ1n) is 12.2. The van der Waals surface area contributed by atoms with Gasteiger partial charge in [0, 0.05) is 5.56 Å². The second kappa shape index (κ2) is 11.6. The molecule has 3 aromatic rings. The molecule has 0 radical (unpaired) electrons. The molecule has 0 bridgehead atoms. The lowest BCUT2D eigenvalue weighted by atomic mass is 9.87. The molecule has 0 spiro atoms. The van der Waals surface area contributed by atoms with Gasteiger partial charge < -0.3 is 14.9 Å². The van der Waals surface area contributed by atoms with Crippen LogP contribution in [0.5, 0.6) is 11.5 Å². The van der Waals surface area contributed by atoms with Crippen LogP contribution in [-0.2, 0) is 11.2 Å². The van der Waals surface area contributed by atoms with Crippen molar-refractivity contribution in [3.05, 3.63) is 81.9 Å². The number of aromatic hydroxyl groups is 1. The van der Waals surface area contributed by atoms with Gasteiger partial charge in [-0.25, -0.2) is 0 Å². The van der Waals surface area contributed by atoms with E-state index in [9.17, 15) is 10.4 Å². The quantitative estimate of drug-likeness (QED) is 0.392. The number of hydrogen-bond donors (Lipinski definition) is 2. The van der Waals surface area contributed by atoms with Crippen LogP contribution in [0.4, 0.5) is 0 Å². The summed E-state index contributed by atoms with van der Waals surface area (Å²) in [5, 5.41) is 26.6. The minimum absolute atomic E-state index is 0.00371. The monoisotopic (exact) mass is 471 g/mol. The summed E-state index contributed by atoms with van der Waals surface area (Å²) in [6, 6.07) is 18.4. The van der Waals surface area contributed by atoms with Crippen molar-refractivity contribution in [3.63, 3.8) is 0 Å². The molecule has 1 unspecified atom stereocenters. The summed E-state index contributed by atoms with van der Waals surface area (Å²) < 4.78 is 6.38. The smallest absolute Gasteiger partial charge is 0.290 e. The highest BCUT2D eigenvalue weighted by atomic mass is 16.5. The van der Waals surface area contributed by atoms with E-state index in [1.807, 2.05) is 33.8 Å². The molecule has 5 heteroatoms. The van der Waals surface area contributed by atoms with Crippen LogP contribution in [0.25, 0.3) is 11.1 Å². The SMILES string of the molecule is CC.Cc1cc(O)cc(C)c1-c1c(C#N)ccc2c1CCC2Oc1ccc(C2CC2)cc1.O=CO. The number of carbonyl (C=O) groups is 1. The topological polar surface area (TPSA) is 90.5 Å². The minimum Gasteiger partial charge on any atom is -0.508 e. The summed E-state index contributed by atoms with van der Waals surface area (Å²) in [6.07, 6.45) is 4.38. The van der Waals surface area contributed by atoms with Crippen molar-refractivity contribution in [2.45, 2.75) is 65.4 Å². The predicted molar refractivity (Wildman–Crippen MR) is 138 cm³/mol. The van der Waals surface area contributed by atoms with Crippen molar-refractivity contribution in [3.8, 4) is 28.7 Å².